The number of nitrogens with zero attached hydrogens (tertiary/aromatic N) is 3. The van der Waals surface area contributed by atoms with Gasteiger partial charge in [-0.05, 0) is 30.3 Å². The molecule has 2 aromatic rings. The third-order valence-electron chi connectivity index (χ3n) is 3.79. The van der Waals surface area contributed by atoms with Gasteiger partial charge in [0.1, 0.15) is 0 Å². The molecule has 23 heavy (non-hydrogen) atoms. The molecule has 1 fully saturated rings. The molecule has 0 bridgehead atoms. The van der Waals surface area contributed by atoms with Crippen LogP contribution in [0.5, 0.6) is 0 Å². The van der Waals surface area contributed by atoms with Crippen molar-refractivity contribution >= 4 is 46.7 Å². The van der Waals surface area contributed by atoms with E-state index in [4.69, 9.17) is 34.8 Å². The summed E-state index contributed by atoms with van der Waals surface area (Å²) in [5.41, 5.74) is 2.02. The normalized spacial score (nSPS) is 15.4. The molecule has 0 unspecified atom stereocenters. The lowest BCUT2D eigenvalue weighted by atomic mass is 10.2. The maximum atomic E-state index is 6.17. The first kappa shape index (κ1) is 16.4. The number of anilines is 1. The smallest absolute Gasteiger partial charge is 0.0680 e. The molecule has 0 saturated carbocycles. The average Bonchev–Trinajstić information content (AvgIpc) is 2.57. The third kappa shape index (κ3) is 4.11. The number of hydrazone groups is 1. The van der Waals surface area contributed by atoms with Crippen LogP contribution >= 0.6 is 34.8 Å². The summed E-state index contributed by atoms with van der Waals surface area (Å²) in [4.78, 5) is 2.33. The summed E-state index contributed by atoms with van der Waals surface area (Å²) in [7, 11) is 0. The largest absolute Gasteiger partial charge is 0.368 e. The van der Waals surface area contributed by atoms with Crippen LogP contribution in [0.4, 0.5) is 5.69 Å². The first-order chi connectivity index (χ1) is 11.1. The molecule has 1 saturated heterocycles. The zero-order chi connectivity index (χ0) is 16.2. The van der Waals surface area contributed by atoms with E-state index in [0.717, 1.165) is 36.8 Å². The molecule has 2 aromatic carbocycles. The van der Waals surface area contributed by atoms with Crippen LogP contribution in [0.15, 0.2) is 47.6 Å². The number of halogens is 3. The minimum Gasteiger partial charge on any atom is -0.368 e. The Balaban J connectivity index is 1.60. The van der Waals surface area contributed by atoms with Gasteiger partial charge >= 0.3 is 0 Å². The molecule has 3 nitrogen and oxygen atoms in total. The highest BCUT2D eigenvalue weighted by atomic mass is 35.5. The number of rotatable bonds is 3. The van der Waals surface area contributed by atoms with Gasteiger partial charge in [-0.3, -0.25) is 5.01 Å². The zero-order valence-electron chi connectivity index (χ0n) is 12.4. The van der Waals surface area contributed by atoms with Gasteiger partial charge < -0.3 is 4.90 Å². The summed E-state index contributed by atoms with van der Waals surface area (Å²) in [6.45, 7) is 3.55. The monoisotopic (exact) mass is 367 g/mol. The van der Waals surface area contributed by atoms with Crippen LogP contribution in [0.25, 0.3) is 0 Å². The van der Waals surface area contributed by atoms with E-state index in [2.05, 4.69) is 10.0 Å². The van der Waals surface area contributed by atoms with E-state index < -0.39 is 0 Å². The van der Waals surface area contributed by atoms with Gasteiger partial charge in [-0.25, -0.2) is 0 Å². The molecule has 0 N–H and O–H groups in total. The Morgan fingerprint density at radius 1 is 0.870 bits per heavy atom. The highest BCUT2D eigenvalue weighted by Crippen LogP contribution is 2.24. The molecule has 0 atom stereocenters. The average molecular weight is 369 g/mol. The Kier molecular flexibility index (Phi) is 5.31. The van der Waals surface area contributed by atoms with Crippen molar-refractivity contribution in [1.29, 1.82) is 0 Å². The highest BCUT2D eigenvalue weighted by molar-refractivity contribution is 6.43. The molecule has 0 spiro atoms. The van der Waals surface area contributed by atoms with Crippen molar-refractivity contribution in [3.8, 4) is 0 Å². The van der Waals surface area contributed by atoms with E-state index in [0.29, 0.717) is 10.0 Å². The molecule has 6 heteroatoms. The first-order valence-corrected chi connectivity index (χ1v) is 8.50. The van der Waals surface area contributed by atoms with Crippen molar-refractivity contribution in [2.75, 3.05) is 31.1 Å². The minimum absolute atomic E-state index is 0.540. The lowest BCUT2D eigenvalue weighted by Crippen LogP contribution is -2.44. The highest BCUT2D eigenvalue weighted by Gasteiger charge is 2.15. The zero-order valence-corrected chi connectivity index (χ0v) is 14.7. The van der Waals surface area contributed by atoms with E-state index in [-0.39, 0.29) is 0 Å². The van der Waals surface area contributed by atoms with Crippen LogP contribution in [0.1, 0.15) is 5.56 Å². The summed E-state index contributed by atoms with van der Waals surface area (Å²) in [6.07, 6.45) is 1.77. The van der Waals surface area contributed by atoms with Crippen LogP contribution in [0.3, 0.4) is 0 Å². The summed E-state index contributed by atoms with van der Waals surface area (Å²) in [5, 5.41) is 8.40. The Morgan fingerprint density at radius 2 is 1.57 bits per heavy atom. The summed E-state index contributed by atoms with van der Waals surface area (Å²) < 4.78 is 0. The van der Waals surface area contributed by atoms with E-state index in [1.165, 1.54) is 5.69 Å². The summed E-state index contributed by atoms with van der Waals surface area (Å²) in [6, 6.07) is 13.5. The van der Waals surface area contributed by atoms with Crippen LogP contribution in [0, 0.1) is 0 Å². The molecular formula is C17H16Cl3N3. The molecule has 3 rings (SSSR count). The lowest BCUT2D eigenvalue weighted by molar-refractivity contribution is 0.272. The maximum absolute atomic E-state index is 6.17. The SMILES string of the molecule is Clc1ccc(N2CCN(/N=C\c3cccc(Cl)c3Cl)CC2)cc1. The second-order valence-corrected chi connectivity index (χ2v) is 6.53. The molecule has 0 amide bonds. The van der Waals surface area contributed by atoms with Gasteiger partial charge in [-0.2, -0.15) is 5.10 Å². The fourth-order valence-corrected chi connectivity index (χ4v) is 2.97. The minimum atomic E-state index is 0.540. The van der Waals surface area contributed by atoms with Gasteiger partial charge in [-0.15, -0.1) is 0 Å². The molecule has 1 aliphatic rings. The fraction of sp³-hybridized carbons (Fsp3) is 0.235. The van der Waals surface area contributed by atoms with Gasteiger partial charge in [0, 0.05) is 29.4 Å². The molecule has 1 aliphatic heterocycles. The second kappa shape index (κ2) is 7.43. The summed E-state index contributed by atoms with van der Waals surface area (Å²) >= 11 is 18.1. The number of hydrogen-bond acceptors (Lipinski definition) is 3. The second-order valence-electron chi connectivity index (χ2n) is 5.30. The van der Waals surface area contributed by atoms with Crippen LogP contribution < -0.4 is 4.90 Å². The van der Waals surface area contributed by atoms with E-state index in [1.807, 2.05) is 41.4 Å². The van der Waals surface area contributed by atoms with Crippen molar-refractivity contribution < 1.29 is 0 Å². The molecule has 0 aliphatic carbocycles. The fourth-order valence-electron chi connectivity index (χ4n) is 2.49. The van der Waals surface area contributed by atoms with Gasteiger partial charge in [0.25, 0.3) is 0 Å². The van der Waals surface area contributed by atoms with Crippen molar-refractivity contribution in [2.45, 2.75) is 0 Å². The maximum Gasteiger partial charge on any atom is 0.0680 e. The lowest BCUT2D eigenvalue weighted by Gasteiger charge is -2.34. The molecule has 1 heterocycles. The van der Waals surface area contributed by atoms with Crippen LogP contribution in [0.2, 0.25) is 15.1 Å². The Hall–Kier alpha value is -1.42. The van der Waals surface area contributed by atoms with Gasteiger partial charge in [0.05, 0.1) is 29.3 Å². The van der Waals surface area contributed by atoms with Crippen molar-refractivity contribution in [3.63, 3.8) is 0 Å². The van der Waals surface area contributed by atoms with Crippen LogP contribution in [-0.2, 0) is 0 Å². The van der Waals surface area contributed by atoms with Gasteiger partial charge in [-0.1, -0.05) is 46.9 Å². The quantitative estimate of drug-likeness (QED) is 0.724. The van der Waals surface area contributed by atoms with Crippen molar-refractivity contribution in [3.05, 3.63) is 63.1 Å². The van der Waals surface area contributed by atoms with E-state index in [9.17, 15) is 0 Å². The van der Waals surface area contributed by atoms with E-state index >= 15 is 0 Å². The topological polar surface area (TPSA) is 18.8 Å². The number of hydrogen-bond donors (Lipinski definition) is 0. The number of piperazine rings is 1. The Morgan fingerprint density at radius 3 is 2.26 bits per heavy atom. The Bertz CT molecular complexity index is 693. The Labute approximate surface area is 151 Å². The van der Waals surface area contributed by atoms with E-state index in [1.54, 1.807) is 12.3 Å². The third-order valence-corrected chi connectivity index (χ3v) is 4.87. The van der Waals surface area contributed by atoms with Crippen LogP contribution in [-0.4, -0.2) is 37.4 Å². The van der Waals surface area contributed by atoms with Gasteiger partial charge in [0.15, 0.2) is 0 Å². The van der Waals surface area contributed by atoms with Gasteiger partial charge in [0.2, 0.25) is 0 Å². The molecule has 0 radical (unpaired) electrons. The molecule has 0 aromatic heterocycles. The first-order valence-electron chi connectivity index (χ1n) is 7.37. The summed E-state index contributed by atoms with van der Waals surface area (Å²) in [5.74, 6) is 0. The predicted octanol–water partition coefficient (Wildman–Crippen LogP) is 4.80. The van der Waals surface area contributed by atoms with Crippen molar-refractivity contribution in [1.82, 2.24) is 5.01 Å². The standard InChI is InChI=1S/C17H16Cl3N3/c18-14-4-6-15(7-5-14)22-8-10-23(11-9-22)21-12-13-2-1-3-16(19)17(13)20/h1-7,12H,8-11H2/b21-12-. The molecular weight excluding hydrogens is 353 g/mol. The predicted molar refractivity (Wildman–Crippen MR) is 99.3 cm³/mol. The molecule has 120 valence electrons. The van der Waals surface area contributed by atoms with Crippen molar-refractivity contribution in [2.24, 2.45) is 5.10 Å². The number of benzene rings is 2.